The van der Waals surface area contributed by atoms with Crippen LogP contribution in [0.5, 0.6) is 0 Å². The van der Waals surface area contributed by atoms with E-state index in [4.69, 9.17) is 9.78 Å². The summed E-state index contributed by atoms with van der Waals surface area (Å²) in [6.07, 6.45) is 1.11. The van der Waals surface area contributed by atoms with Gasteiger partial charge in [-0.25, -0.2) is 9.78 Å². The summed E-state index contributed by atoms with van der Waals surface area (Å²) in [5, 5.41) is 3.01. The molecule has 0 aromatic heterocycles. The largest absolute Gasteiger partial charge is 0.349 e. The molecule has 1 aliphatic heterocycles. The van der Waals surface area contributed by atoms with Crippen molar-refractivity contribution in [3.63, 3.8) is 0 Å². The average Bonchev–Trinajstić information content (AvgIpc) is 2.48. The Bertz CT molecular complexity index is 249. The van der Waals surface area contributed by atoms with Gasteiger partial charge in [-0.2, -0.15) is 0 Å². The minimum Gasteiger partial charge on any atom is -0.349 e. The highest BCUT2D eigenvalue weighted by Gasteiger charge is 2.32. The molecule has 16 heavy (non-hydrogen) atoms. The van der Waals surface area contributed by atoms with E-state index in [2.05, 4.69) is 26.1 Å². The molecule has 1 aliphatic rings. The van der Waals surface area contributed by atoms with Gasteiger partial charge in [-0.05, 0) is 25.7 Å². The van der Waals surface area contributed by atoms with Crippen molar-refractivity contribution in [2.45, 2.75) is 59.1 Å². The van der Waals surface area contributed by atoms with Crippen LogP contribution in [0.3, 0.4) is 0 Å². The normalized spacial score (nSPS) is 22.2. The monoisotopic (exact) mass is 229 g/mol. The van der Waals surface area contributed by atoms with Crippen molar-refractivity contribution >= 4 is 5.91 Å². The lowest BCUT2D eigenvalue weighted by atomic mass is 9.81. The Balaban J connectivity index is 2.48. The fraction of sp³-hybridized carbons (Fsp3) is 0.917. The number of hydrogen-bond donors (Lipinski definition) is 1. The molecular weight excluding hydrogens is 206 g/mol. The molecule has 1 fully saturated rings. The zero-order valence-corrected chi connectivity index (χ0v) is 10.9. The molecule has 1 N–H and O–H groups in total. The van der Waals surface area contributed by atoms with Crippen LogP contribution in [0.2, 0.25) is 0 Å². The van der Waals surface area contributed by atoms with Crippen molar-refractivity contribution in [1.29, 1.82) is 0 Å². The molecule has 0 aromatic rings. The fourth-order valence-corrected chi connectivity index (χ4v) is 2.29. The van der Waals surface area contributed by atoms with E-state index in [1.807, 2.05) is 13.8 Å². The first-order chi connectivity index (χ1) is 7.20. The number of hydrogen-bond acceptors (Lipinski definition) is 3. The summed E-state index contributed by atoms with van der Waals surface area (Å²) in [6, 6.07) is 0. The summed E-state index contributed by atoms with van der Waals surface area (Å²) >= 11 is 0. The Morgan fingerprint density at radius 2 is 1.94 bits per heavy atom. The van der Waals surface area contributed by atoms with Crippen molar-refractivity contribution in [3.05, 3.63) is 0 Å². The smallest absolute Gasteiger partial charge is 0.253 e. The summed E-state index contributed by atoms with van der Waals surface area (Å²) in [4.78, 5) is 21.4. The van der Waals surface area contributed by atoms with Gasteiger partial charge in [-0.15, -0.1) is 0 Å². The third kappa shape index (κ3) is 4.49. The summed E-state index contributed by atoms with van der Waals surface area (Å²) in [6.45, 7) is 11.1. The minimum absolute atomic E-state index is 0.0771. The molecule has 0 unspecified atom stereocenters. The Labute approximate surface area is 97.6 Å². The van der Waals surface area contributed by atoms with Gasteiger partial charge in [-0.1, -0.05) is 20.8 Å². The van der Waals surface area contributed by atoms with Crippen LogP contribution in [-0.2, 0) is 14.6 Å². The number of rotatable bonds is 3. The van der Waals surface area contributed by atoms with Crippen molar-refractivity contribution in [2.24, 2.45) is 5.41 Å². The van der Waals surface area contributed by atoms with Gasteiger partial charge in [0.1, 0.15) is 0 Å². The zero-order valence-electron chi connectivity index (χ0n) is 10.9. The van der Waals surface area contributed by atoms with Gasteiger partial charge in [-0.3, -0.25) is 4.79 Å². The first-order valence-corrected chi connectivity index (χ1v) is 5.80. The van der Waals surface area contributed by atoms with Crippen LogP contribution in [0, 0.1) is 5.41 Å². The SMILES string of the molecule is CC(C)(C)CC(C)(C)NC(=O)[C@@H]1CCOO1. The van der Waals surface area contributed by atoms with E-state index in [1.165, 1.54) is 0 Å². The van der Waals surface area contributed by atoms with E-state index >= 15 is 0 Å². The predicted molar refractivity (Wildman–Crippen MR) is 61.7 cm³/mol. The number of amides is 1. The van der Waals surface area contributed by atoms with Crippen LogP contribution < -0.4 is 5.32 Å². The molecule has 1 atom stereocenters. The Kier molecular flexibility index (Phi) is 3.97. The van der Waals surface area contributed by atoms with Gasteiger partial charge in [0, 0.05) is 12.0 Å². The molecule has 0 bridgehead atoms. The standard InChI is InChI=1S/C12H23NO3/c1-11(2,3)8-12(4,5)13-10(14)9-6-7-15-16-9/h9H,6-8H2,1-5H3,(H,13,14)/t9-/m0/s1. The van der Waals surface area contributed by atoms with Crippen LogP contribution in [0.25, 0.3) is 0 Å². The van der Waals surface area contributed by atoms with Crippen molar-refractivity contribution in [2.75, 3.05) is 6.61 Å². The molecule has 0 saturated carbocycles. The number of nitrogens with one attached hydrogen (secondary N) is 1. The van der Waals surface area contributed by atoms with E-state index in [9.17, 15) is 4.79 Å². The molecular formula is C12H23NO3. The summed E-state index contributed by atoms with van der Waals surface area (Å²) in [5.41, 5.74) is -0.0366. The van der Waals surface area contributed by atoms with Crippen LogP contribution in [-0.4, -0.2) is 24.2 Å². The summed E-state index contributed by atoms with van der Waals surface area (Å²) in [7, 11) is 0. The molecule has 0 aliphatic carbocycles. The second-order valence-electron chi connectivity index (χ2n) is 6.31. The van der Waals surface area contributed by atoms with E-state index < -0.39 is 6.10 Å². The van der Waals surface area contributed by atoms with Crippen molar-refractivity contribution in [1.82, 2.24) is 5.32 Å². The van der Waals surface area contributed by atoms with E-state index in [0.29, 0.717) is 13.0 Å². The summed E-state index contributed by atoms with van der Waals surface area (Å²) in [5.74, 6) is -0.0771. The lowest BCUT2D eigenvalue weighted by Gasteiger charge is -2.33. The maximum Gasteiger partial charge on any atom is 0.253 e. The second kappa shape index (κ2) is 4.72. The minimum atomic E-state index is -0.445. The van der Waals surface area contributed by atoms with E-state index in [0.717, 1.165) is 6.42 Å². The van der Waals surface area contributed by atoms with Crippen LogP contribution >= 0.6 is 0 Å². The number of carbonyl (C=O) groups is 1. The third-order valence-corrected chi connectivity index (χ3v) is 2.37. The summed E-state index contributed by atoms with van der Waals surface area (Å²) < 4.78 is 0. The molecule has 4 nitrogen and oxygen atoms in total. The van der Waals surface area contributed by atoms with Gasteiger partial charge in [0.05, 0.1) is 6.61 Å². The van der Waals surface area contributed by atoms with Crippen molar-refractivity contribution < 1.29 is 14.6 Å². The van der Waals surface area contributed by atoms with Gasteiger partial charge in [0.15, 0.2) is 6.10 Å². The second-order valence-corrected chi connectivity index (χ2v) is 6.31. The van der Waals surface area contributed by atoms with Gasteiger partial charge in [0.25, 0.3) is 5.91 Å². The Morgan fingerprint density at radius 3 is 2.38 bits per heavy atom. The highest BCUT2D eigenvalue weighted by Crippen LogP contribution is 2.27. The molecule has 0 radical (unpaired) electrons. The van der Waals surface area contributed by atoms with E-state index in [1.54, 1.807) is 0 Å². The van der Waals surface area contributed by atoms with Gasteiger partial charge < -0.3 is 5.32 Å². The Hall–Kier alpha value is -0.610. The number of carbonyl (C=O) groups excluding carboxylic acids is 1. The van der Waals surface area contributed by atoms with Gasteiger partial charge >= 0.3 is 0 Å². The molecule has 0 aromatic carbocycles. The first-order valence-electron chi connectivity index (χ1n) is 5.80. The molecule has 94 valence electrons. The van der Waals surface area contributed by atoms with Crippen molar-refractivity contribution in [3.8, 4) is 0 Å². The lowest BCUT2D eigenvalue weighted by Crippen LogP contribution is -2.49. The Morgan fingerprint density at radius 1 is 1.31 bits per heavy atom. The fourth-order valence-electron chi connectivity index (χ4n) is 2.29. The maximum absolute atomic E-state index is 11.8. The maximum atomic E-state index is 11.8. The average molecular weight is 229 g/mol. The van der Waals surface area contributed by atoms with Crippen LogP contribution in [0.4, 0.5) is 0 Å². The van der Waals surface area contributed by atoms with Gasteiger partial charge in [0.2, 0.25) is 0 Å². The first kappa shape index (κ1) is 13.5. The van der Waals surface area contributed by atoms with Crippen LogP contribution in [0.1, 0.15) is 47.5 Å². The molecule has 4 heteroatoms. The molecule has 1 rings (SSSR count). The van der Waals surface area contributed by atoms with Crippen LogP contribution in [0.15, 0.2) is 0 Å². The predicted octanol–water partition coefficient (Wildman–Crippen LogP) is 2.04. The lowest BCUT2D eigenvalue weighted by molar-refractivity contribution is -0.269. The highest BCUT2D eigenvalue weighted by molar-refractivity contribution is 5.81. The molecule has 1 heterocycles. The van der Waals surface area contributed by atoms with E-state index in [-0.39, 0.29) is 16.9 Å². The molecule has 1 amide bonds. The topological polar surface area (TPSA) is 47.6 Å². The highest BCUT2D eigenvalue weighted by atomic mass is 17.2. The third-order valence-electron chi connectivity index (χ3n) is 2.37. The quantitative estimate of drug-likeness (QED) is 0.753. The molecule has 0 spiro atoms. The zero-order chi connectivity index (χ0) is 12.4. The molecule has 1 saturated heterocycles.